The second-order valence-corrected chi connectivity index (χ2v) is 19.6. The zero-order chi connectivity index (χ0) is 34.8. The largest absolute Gasteiger partial charge is 0.465 e. The molecule has 4 fully saturated rings. The fourth-order valence-corrected chi connectivity index (χ4v) is 13.1. The Morgan fingerprint density at radius 1 is 0.833 bits per heavy atom. The van der Waals surface area contributed by atoms with Gasteiger partial charge in [-0.15, -0.1) is 13.2 Å². The molecule has 0 heterocycles. The standard InChI is InChI=1S/C44H68O4/c1-10-39(4)24-18-33-31(27-39)14-16-35-41(33,6)20-12-22-43(35,8)37(48-46)26-30(3)29-47-38(45)44(9)23-13-21-42(7)34-19-25-40(5,11-2)28-32(34)15-17-36(42)44/h10-11,14-15,30,33-37,46H,1-2,12-13,16-29H2,3-9H3. The number of carbonyl (C=O) groups is 1. The summed E-state index contributed by atoms with van der Waals surface area (Å²) in [5, 5.41) is 10.5. The van der Waals surface area contributed by atoms with Crippen molar-refractivity contribution in [3.8, 4) is 0 Å². The zero-order valence-electron chi connectivity index (χ0n) is 31.7. The molecule has 0 aliphatic heterocycles. The topological polar surface area (TPSA) is 55.8 Å². The van der Waals surface area contributed by atoms with Crippen molar-refractivity contribution in [3.05, 3.63) is 48.6 Å². The highest BCUT2D eigenvalue weighted by atomic mass is 17.1. The van der Waals surface area contributed by atoms with Gasteiger partial charge in [0.05, 0.1) is 18.1 Å². The lowest BCUT2D eigenvalue weighted by molar-refractivity contribution is -0.321. The van der Waals surface area contributed by atoms with Gasteiger partial charge in [-0.3, -0.25) is 10.1 Å². The van der Waals surface area contributed by atoms with E-state index in [1.54, 1.807) is 11.1 Å². The molecule has 12 atom stereocenters. The van der Waals surface area contributed by atoms with Crippen LogP contribution in [0.25, 0.3) is 0 Å². The minimum absolute atomic E-state index is 0.0134. The van der Waals surface area contributed by atoms with Gasteiger partial charge in [-0.1, -0.05) is 89.8 Å². The molecular formula is C44H68O4. The highest BCUT2D eigenvalue weighted by Crippen LogP contribution is 2.66. The number of allylic oxidation sites excluding steroid dienone is 6. The molecule has 0 bridgehead atoms. The summed E-state index contributed by atoms with van der Waals surface area (Å²) in [6.45, 7) is 25.2. The Balaban J connectivity index is 1.12. The third kappa shape index (κ3) is 5.85. The van der Waals surface area contributed by atoms with E-state index in [0.29, 0.717) is 36.7 Å². The molecule has 6 aliphatic rings. The van der Waals surface area contributed by atoms with Crippen LogP contribution in [0.1, 0.15) is 145 Å². The molecule has 0 radical (unpaired) electrons. The Bertz CT molecular complexity index is 1330. The van der Waals surface area contributed by atoms with Crippen LogP contribution >= 0.6 is 0 Å². The first-order valence-corrected chi connectivity index (χ1v) is 19.7. The third-order valence-electron chi connectivity index (χ3n) is 16.4. The Kier molecular flexibility index (Phi) is 9.67. The Labute approximate surface area is 293 Å². The number of fused-ring (bicyclic) bond motifs is 6. The molecule has 6 aliphatic carbocycles. The molecule has 1 N–H and O–H groups in total. The molecule has 0 aromatic rings. The van der Waals surface area contributed by atoms with Gasteiger partial charge in [0.1, 0.15) is 0 Å². The Morgan fingerprint density at radius 2 is 1.35 bits per heavy atom. The van der Waals surface area contributed by atoms with Crippen LogP contribution in [0.4, 0.5) is 0 Å². The van der Waals surface area contributed by atoms with E-state index < -0.39 is 5.41 Å². The normalized spacial score (nSPS) is 46.7. The summed E-state index contributed by atoms with van der Waals surface area (Å²) in [7, 11) is 0. The second kappa shape index (κ2) is 12.8. The lowest BCUT2D eigenvalue weighted by Crippen LogP contribution is -2.55. The van der Waals surface area contributed by atoms with Crippen molar-refractivity contribution < 1.29 is 19.7 Å². The molecule has 0 aromatic carbocycles. The first-order chi connectivity index (χ1) is 22.6. The van der Waals surface area contributed by atoms with Crippen LogP contribution in [-0.2, 0) is 14.4 Å². The summed E-state index contributed by atoms with van der Waals surface area (Å²) in [4.78, 5) is 19.6. The van der Waals surface area contributed by atoms with E-state index in [2.05, 4.69) is 85.9 Å². The molecule has 48 heavy (non-hydrogen) atoms. The summed E-state index contributed by atoms with van der Waals surface area (Å²) >= 11 is 0. The fourth-order valence-electron chi connectivity index (χ4n) is 13.1. The Hall–Kier alpha value is -1.65. The summed E-state index contributed by atoms with van der Waals surface area (Å²) in [5.41, 5.74) is 3.41. The van der Waals surface area contributed by atoms with Crippen molar-refractivity contribution in [2.75, 3.05) is 6.61 Å². The minimum atomic E-state index is -0.466. The molecule has 0 amide bonds. The van der Waals surface area contributed by atoms with Gasteiger partial charge in [-0.2, -0.15) is 0 Å². The van der Waals surface area contributed by atoms with Crippen molar-refractivity contribution in [2.24, 2.45) is 62.1 Å². The molecule has 0 aromatic heterocycles. The van der Waals surface area contributed by atoms with Gasteiger partial charge in [-0.25, -0.2) is 4.89 Å². The second-order valence-electron chi connectivity index (χ2n) is 19.6. The van der Waals surface area contributed by atoms with E-state index in [1.807, 2.05) is 0 Å². The van der Waals surface area contributed by atoms with Gasteiger partial charge in [0.2, 0.25) is 0 Å². The monoisotopic (exact) mass is 661 g/mol. The van der Waals surface area contributed by atoms with Gasteiger partial charge in [-0.05, 0) is 142 Å². The molecule has 0 spiro atoms. The fraction of sp³-hybridized carbons (Fsp3) is 0.795. The zero-order valence-corrected chi connectivity index (χ0v) is 31.7. The molecule has 4 heteroatoms. The van der Waals surface area contributed by atoms with Gasteiger partial charge in [0.15, 0.2) is 0 Å². The van der Waals surface area contributed by atoms with Crippen LogP contribution in [0.2, 0.25) is 0 Å². The number of hydrogen-bond acceptors (Lipinski definition) is 4. The Morgan fingerprint density at radius 3 is 1.90 bits per heavy atom. The van der Waals surface area contributed by atoms with E-state index in [0.717, 1.165) is 51.4 Å². The maximum atomic E-state index is 14.1. The van der Waals surface area contributed by atoms with Crippen molar-refractivity contribution >= 4 is 5.97 Å². The summed E-state index contributed by atoms with van der Waals surface area (Å²) in [6, 6.07) is 0. The van der Waals surface area contributed by atoms with E-state index in [4.69, 9.17) is 9.62 Å². The minimum Gasteiger partial charge on any atom is -0.465 e. The van der Waals surface area contributed by atoms with Crippen molar-refractivity contribution in [1.29, 1.82) is 0 Å². The van der Waals surface area contributed by atoms with Crippen LogP contribution in [0.15, 0.2) is 48.6 Å². The summed E-state index contributed by atoms with van der Waals surface area (Å²) in [6.07, 6.45) is 25.5. The smallest absolute Gasteiger partial charge is 0.312 e. The lowest BCUT2D eigenvalue weighted by atomic mass is 9.44. The van der Waals surface area contributed by atoms with E-state index >= 15 is 0 Å². The predicted octanol–water partition coefficient (Wildman–Crippen LogP) is 11.7. The van der Waals surface area contributed by atoms with Crippen molar-refractivity contribution in [1.82, 2.24) is 0 Å². The van der Waals surface area contributed by atoms with Crippen LogP contribution in [0.3, 0.4) is 0 Å². The molecule has 4 nitrogen and oxygen atoms in total. The first-order valence-electron chi connectivity index (χ1n) is 19.7. The van der Waals surface area contributed by atoms with E-state index in [-0.39, 0.29) is 45.1 Å². The maximum Gasteiger partial charge on any atom is 0.312 e. The molecule has 6 rings (SSSR count). The lowest BCUT2D eigenvalue weighted by Gasteiger charge is -2.61. The third-order valence-corrected chi connectivity index (χ3v) is 16.4. The number of ether oxygens (including phenoxy) is 1. The van der Waals surface area contributed by atoms with Crippen LogP contribution in [-0.4, -0.2) is 23.9 Å². The number of hydrogen-bond donors (Lipinski definition) is 1. The summed E-state index contributed by atoms with van der Waals surface area (Å²) in [5.74, 6) is 2.02. The average Bonchev–Trinajstić information content (AvgIpc) is 3.05. The van der Waals surface area contributed by atoms with E-state index in [1.165, 1.54) is 38.5 Å². The van der Waals surface area contributed by atoms with Crippen molar-refractivity contribution in [3.63, 3.8) is 0 Å². The van der Waals surface area contributed by atoms with Gasteiger partial charge in [0, 0.05) is 5.41 Å². The number of rotatable bonds is 9. The molecule has 0 saturated heterocycles. The quantitative estimate of drug-likeness (QED) is 0.116. The average molecular weight is 661 g/mol. The van der Waals surface area contributed by atoms with Crippen molar-refractivity contribution in [2.45, 2.75) is 151 Å². The highest BCUT2D eigenvalue weighted by Gasteiger charge is 2.60. The van der Waals surface area contributed by atoms with Gasteiger partial charge >= 0.3 is 5.97 Å². The highest BCUT2D eigenvalue weighted by molar-refractivity contribution is 5.77. The molecule has 4 saturated carbocycles. The van der Waals surface area contributed by atoms with Crippen LogP contribution < -0.4 is 0 Å². The maximum absolute atomic E-state index is 14.1. The SMILES string of the molecule is C=CC1(C)CCC2C(=CCC3C(C)(C(=O)OCC(C)CC(OO)C4(C)CCCC5(C)C6CCC(C)(C=C)CC6=CCC45)CCCC23C)C1. The van der Waals surface area contributed by atoms with E-state index in [9.17, 15) is 10.1 Å². The predicted molar refractivity (Wildman–Crippen MR) is 196 cm³/mol. The number of esters is 1. The summed E-state index contributed by atoms with van der Waals surface area (Å²) < 4.78 is 6.29. The first kappa shape index (κ1) is 36.2. The molecule has 12 unspecified atom stereocenters. The van der Waals surface area contributed by atoms with Crippen LogP contribution in [0.5, 0.6) is 0 Å². The van der Waals surface area contributed by atoms with Gasteiger partial charge in [0.25, 0.3) is 0 Å². The number of carbonyl (C=O) groups excluding carboxylic acids is 1. The molecule has 268 valence electrons. The molecular weight excluding hydrogens is 592 g/mol. The van der Waals surface area contributed by atoms with Gasteiger partial charge < -0.3 is 4.74 Å². The van der Waals surface area contributed by atoms with Crippen LogP contribution in [0, 0.1) is 62.1 Å².